The molecule has 2 aromatic heterocycles. The summed E-state index contributed by atoms with van der Waals surface area (Å²) in [5.74, 6) is 0.505. The van der Waals surface area contributed by atoms with Gasteiger partial charge in [-0.1, -0.05) is 17.4 Å². The first-order valence-corrected chi connectivity index (χ1v) is 11.6. The SMILES string of the molecule is COc1cccc2sc(N(CCCN(C)C)C(=O)c3cc4cc([N+](=O)[O-])ccc4s3)nc12. The molecule has 0 aliphatic heterocycles. The maximum Gasteiger partial charge on any atom is 0.270 e. The maximum absolute atomic E-state index is 13.6. The maximum atomic E-state index is 13.6. The fourth-order valence-electron chi connectivity index (χ4n) is 3.40. The average Bonchev–Trinajstić information content (AvgIpc) is 3.39. The average molecular weight is 471 g/mol. The topological polar surface area (TPSA) is 88.8 Å². The number of hydrogen-bond donors (Lipinski definition) is 0. The van der Waals surface area contributed by atoms with Crippen LogP contribution in [0.15, 0.2) is 42.5 Å². The summed E-state index contributed by atoms with van der Waals surface area (Å²) in [6.45, 7) is 1.34. The van der Waals surface area contributed by atoms with Gasteiger partial charge >= 0.3 is 0 Å². The number of carbonyl (C=O) groups is 1. The van der Waals surface area contributed by atoms with Gasteiger partial charge in [0.25, 0.3) is 11.6 Å². The molecule has 0 saturated heterocycles. The van der Waals surface area contributed by atoms with Gasteiger partial charge in [-0.25, -0.2) is 4.98 Å². The molecule has 10 heteroatoms. The van der Waals surface area contributed by atoms with Gasteiger partial charge in [0.05, 0.1) is 21.6 Å². The minimum absolute atomic E-state index is 0.00964. The number of methoxy groups -OCH3 is 1. The highest BCUT2D eigenvalue weighted by atomic mass is 32.1. The molecule has 166 valence electrons. The quantitative estimate of drug-likeness (QED) is 0.265. The Hall–Kier alpha value is -3.08. The van der Waals surface area contributed by atoms with Crippen molar-refractivity contribution in [1.82, 2.24) is 9.88 Å². The first kappa shape index (κ1) is 22.1. The van der Waals surface area contributed by atoms with Crippen LogP contribution >= 0.6 is 22.7 Å². The number of aromatic nitrogens is 1. The van der Waals surface area contributed by atoms with E-state index < -0.39 is 4.92 Å². The van der Waals surface area contributed by atoms with Crippen molar-refractivity contribution < 1.29 is 14.5 Å². The van der Waals surface area contributed by atoms with Crippen LogP contribution in [-0.2, 0) is 0 Å². The number of thiophene rings is 1. The Balaban J connectivity index is 1.72. The molecule has 4 aromatic rings. The number of fused-ring (bicyclic) bond motifs is 2. The summed E-state index contributed by atoms with van der Waals surface area (Å²) in [7, 11) is 5.59. The molecule has 0 spiro atoms. The van der Waals surface area contributed by atoms with Gasteiger partial charge in [0, 0.05) is 28.8 Å². The third kappa shape index (κ3) is 4.43. The van der Waals surface area contributed by atoms with E-state index in [2.05, 4.69) is 4.90 Å². The van der Waals surface area contributed by atoms with Crippen LogP contribution in [0.4, 0.5) is 10.8 Å². The molecule has 0 aliphatic rings. The van der Waals surface area contributed by atoms with Gasteiger partial charge in [0.1, 0.15) is 11.3 Å². The number of benzene rings is 2. The summed E-state index contributed by atoms with van der Waals surface area (Å²) in [5, 5.41) is 12.4. The van der Waals surface area contributed by atoms with E-state index in [0.717, 1.165) is 27.9 Å². The van der Waals surface area contributed by atoms with Crippen molar-refractivity contribution in [2.75, 3.05) is 39.2 Å². The zero-order valence-corrected chi connectivity index (χ0v) is 19.5. The van der Waals surface area contributed by atoms with Crippen molar-refractivity contribution in [2.45, 2.75) is 6.42 Å². The third-order valence-corrected chi connectivity index (χ3v) is 7.12. The summed E-state index contributed by atoms with van der Waals surface area (Å²) < 4.78 is 7.20. The first-order valence-electron chi connectivity index (χ1n) is 9.95. The molecule has 0 bridgehead atoms. The van der Waals surface area contributed by atoms with Gasteiger partial charge in [-0.3, -0.25) is 19.8 Å². The Morgan fingerprint density at radius 3 is 2.66 bits per heavy atom. The van der Waals surface area contributed by atoms with Gasteiger partial charge in [0.15, 0.2) is 5.13 Å². The summed E-state index contributed by atoms with van der Waals surface area (Å²) in [6, 6.07) is 12.1. The highest BCUT2D eigenvalue weighted by Crippen LogP contribution is 2.36. The van der Waals surface area contributed by atoms with Crippen LogP contribution in [0.2, 0.25) is 0 Å². The minimum Gasteiger partial charge on any atom is -0.494 e. The smallest absolute Gasteiger partial charge is 0.270 e. The Labute approximate surface area is 192 Å². The number of nitro groups is 1. The van der Waals surface area contributed by atoms with Crippen molar-refractivity contribution in [3.63, 3.8) is 0 Å². The zero-order chi connectivity index (χ0) is 22.8. The summed E-state index contributed by atoms with van der Waals surface area (Å²) in [6.07, 6.45) is 0.780. The third-order valence-electron chi connectivity index (χ3n) is 4.98. The van der Waals surface area contributed by atoms with Crippen molar-refractivity contribution in [2.24, 2.45) is 0 Å². The van der Waals surface area contributed by atoms with E-state index in [1.807, 2.05) is 32.3 Å². The molecule has 2 heterocycles. The fraction of sp³-hybridized carbons (Fsp3) is 0.273. The van der Waals surface area contributed by atoms with E-state index >= 15 is 0 Å². The highest BCUT2D eigenvalue weighted by molar-refractivity contribution is 7.23. The number of hydrogen-bond acceptors (Lipinski definition) is 8. The van der Waals surface area contributed by atoms with Crippen LogP contribution in [0.5, 0.6) is 5.75 Å². The standard InChI is InChI=1S/C22H22N4O4S2/c1-24(2)10-5-11-25(22-23-20-16(30-3)6-4-7-18(20)32-22)21(27)19-13-14-12-15(26(28)29)8-9-17(14)31-19/h4,6-9,12-13H,5,10-11H2,1-3H3. The van der Waals surface area contributed by atoms with Crippen LogP contribution in [0.1, 0.15) is 16.1 Å². The normalized spacial score (nSPS) is 11.4. The summed E-state index contributed by atoms with van der Waals surface area (Å²) >= 11 is 2.78. The lowest BCUT2D eigenvalue weighted by molar-refractivity contribution is -0.384. The number of nitro benzene ring substituents is 1. The number of non-ortho nitro benzene ring substituents is 1. The van der Waals surface area contributed by atoms with E-state index in [9.17, 15) is 14.9 Å². The molecule has 0 atom stereocenters. The molecule has 1 amide bonds. The van der Waals surface area contributed by atoms with Crippen LogP contribution in [0.3, 0.4) is 0 Å². The van der Waals surface area contributed by atoms with E-state index in [1.165, 1.54) is 34.8 Å². The Morgan fingerprint density at radius 1 is 1.12 bits per heavy atom. The summed E-state index contributed by atoms with van der Waals surface area (Å²) in [5.41, 5.74) is 0.739. The van der Waals surface area contributed by atoms with Gasteiger partial charge in [-0.2, -0.15) is 0 Å². The molecule has 0 unspecified atom stereocenters. The lowest BCUT2D eigenvalue weighted by Crippen LogP contribution is -2.32. The molecule has 0 fully saturated rings. The molecule has 2 aromatic carbocycles. The number of nitrogens with zero attached hydrogens (tertiary/aromatic N) is 4. The van der Waals surface area contributed by atoms with Crippen LogP contribution in [-0.4, -0.2) is 55.0 Å². The van der Waals surface area contributed by atoms with Crippen molar-refractivity contribution in [3.8, 4) is 5.75 Å². The second-order valence-electron chi connectivity index (χ2n) is 7.51. The molecule has 4 rings (SSSR count). The van der Waals surface area contributed by atoms with Gasteiger partial charge in [-0.05, 0) is 51.3 Å². The molecule has 0 saturated carbocycles. The lowest BCUT2D eigenvalue weighted by Gasteiger charge is -2.20. The van der Waals surface area contributed by atoms with Crippen molar-refractivity contribution >= 4 is 59.7 Å². The molecule has 0 N–H and O–H groups in total. The zero-order valence-electron chi connectivity index (χ0n) is 17.9. The molecular weight excluding hydrogens is 448 g/mol. The fourth-order valence-corrected chi connectivity index (χ4v) is 5.40. The van der Waals surface area contributed by atoms with E-state index in [1.54, 1.807) is 24.1 Å². The molecule has 0 aliphatic carbocycles. The molecule has 8 nitrogen and oxygen atoms in total. The van der Waals surface area contributed by atoms with Crippen LogP contribution in [0.25, 0.3) is 20.3 Å². The Bertz CT molecular complexity index is 1300. The number of carbonyl (C=O) groups excluding carboxylic acids is 1. The molecule has 32 heavy (non-hydrogen) atoms. The molecule has 0 radical (unpaired) electrons. The number of anilines is 1. The first-order chi connectivity index (χ1) is 15.4. The van der Waals surface area contributed by atoms with Crippen LogP contribution in [0, 0.1) is 10.1 Å². The Kier molecular flexibility index (Phi) is 6.35. The summed E-state index contributed by atoms with van der Waals surface area (Å²) in [4.78, 5) is 33.3. The van der Waals surface area contributed by atoms with E-state index in [0.29, 0.717) is 27.7 Å². The van der Waals surface area contributed by atoms with E-state index in [4.69, 9.17) is 9.72 Å². The van der Waals surface area contributed by atoms with Gasteiger partial charge in [0.2, 0.25) is 0 Å². The predicted molar refractivity (Wildman–Crippen MR) is 129 cm³/mol. The molecular formula is C22H22N4O4S2. The number of para-hydroxylation sites is 1. The second-order valence-corrected chi connectivity index (χ2v) is 9.60. The van der Waals surface area contributed by atoms with Gasteiger partial charge in [-0.15, -0.1) is 11.3 Å². The lowest BCUT2D eigenvalue weighted by atomic mass is 10.2. The van der Waals surface area contributed by atoms with Crippen molar-refractivity contribution in [3.05, 3.63) is 57.5 Å². The largest absolute Gasteiger partial charge is 0.494 e. The minimum atomic E-state index is -0.430. The number of rotatable bonds is 8. The highest BCUT2D eigenvalue weighted by Gasteiger charge is 2.24. The predicted octanol–water partition coefficient (Wildman–Crippen LogP) is 5.03. The van der Waals surface area contributed by atoms with Crippen molar-refractivity contribution in [1.29, 1.82) is 0 Å². The van der Waals surface area contributed by atoms with E-state index in [-0.39, 0.29) is 11.6 Å². The second kappa shape index (κ2) is 9.19. The number of amides is 1. The monoisotopic (exact) mass is 470 g/mol. The van der Waals surface area contributed by atoms with Gasteiger partial charge < -0.3 is 9.64 Å². The number of ether oxygens (including phenoxy) is 1. The number of thiazole rings is 1. The Morgan fingerprint density at radius 2 is 1.94 bits per heavy atom. The van der Waals surface area contributed by atoms with Crippen LogP contribution < -0.4 is 9.64 Å².